The molecule has 1 aromatic heterocycles. The van der Waals surface area contributed by atoms with E-state index in [1.165, 1.54) is 5.56 Å². The van der Waals surface area contributed by atoms with Crippen LogP contribution in [0.1, 0.15) is 26.3 Å². The van der Waals surface area contributed by atoms with E-state index in [1.807, 2.05) is 25.1 Å². The molecule has 3 heteroatoms. The quantitative estimate of drug-likeness (QED) is 0.774. The topological polar surface area (TPSA) is 38.1 Å². The van der Waals surface area contributed by atoms with Crippen molar-refractivity contribution >= 4 is 17.1 Å². The number of fused-ring (bicyclic) bond motifs is 1. The third-order valence-electron chi connectivity index (χ3n) is 2.03. The summed E-state index contributed by atoms with van der Waals surface area (Å²) < 4.78 is 5.58. The van der Waals surface area contributed by atoms with E-state index in [4.69, 9.17) is 4.42 Å². The highest BCUT2D eigenvalue weighted by Gasteiger charge is 2.13. The van der Waals surface area contributed by atoms with E-state index < -0.39 is 0 Å². The van der Waals surface area contributed by atoms with Crippen LogP contribution in [0.3, 0.4) is 0 Å². The molecule has 0 aliphatic rings. The number of aryl methyl sites for hydroxylation is 1. The third-order valence-corrected chi connectivity index (χ3v) is 2.03. The molecule has 2 aromatic rings. The van der Waals surface area contributed by atoms with Gasteiger partial charge in [0.05, 0.1) is 0 Å². The first-order valence-corrected chi connectivity index (χ1v) is 5.09. The van der Waals surface area contributed by atoms with Crippen molar-refractivity contribution in [2.75, 3.05) is 5.32 Å². The summed E-state index contributed by atoms with van der Waals surface area (Å²) in [5.74, 6) is 0. The van der Waals surface area contributed by atoms with Gasteiger partial charge in [0.25, 0.3) is 6.01 Å². The van der Waals surface area contributed by atoms with Crippen LogP contribution in [-0.2, 0) is 0 Å². The Morgan fingerprint density at radius 2 is 2.00 bits per heavy atom. The number of hydrogen-bond acceptors (Lipinski definition) is 3. The molecule has 0 aliphatic heterocycles. The number of rotatable bonds is 1. The molecule has 0 saturated carbocycles. The molecule has 2 rings (SSSR count). The van der Waals surface area contributed by atoms with E-state index in [1.54, 1.807) is 0 Å². The summed E-state index contributed by atoms with van der Waals surface area (Å²) >= 11 is 0. The first-order valence-electron chi connectivity index (χ1n) is 5.09. The molecule has 80 valence electrons. The fourth-order valence-corrected chi connectivity index (χ4v) is 1.41. The fraction of sp³-hybridized carbons (Fsp3) is 0.417. The maximum atomic E-state index is 5.58. The number of nitrogens with zero attached hydrogens (tertiary/aromatic N) is 1. The van der Waals surface area contributed by atoms with Gasteiger partial charge in [0.2, 0.25) is 0 Å². The van der Waals surface area contributed by atoms with Gasteiger partial charge in [0, 0.05) is 5.54 Å². The van der Waals surface area contributed by atoms with E-state index in [0.717, 1.165) is 11.1 Å². The summed E-state index contributed by atoms with van der Waals surface area (Å²) in [5, 5.41) is 3.21. The number of nitrogens with one attached hydrogen (secondary N) is 1. The number of benzene rings is 1. The molecule has 0 aliphatic carbocycles. The third kappa shape index (κ3) is 2.29. The number of hydrogen-bond donors (Lipinski definition) is 1. The van der Waals surface area contributed by atoms with Gasteiger partial charge >= 0.3 is 0 Å². The van der Waals surface area contributed by atoms with Gasteiger partial charge in [-0.25, -0.2) is 0 Å². The largest absolute Gasteiger partial charge is 0.424 e. The van der Waals surface area contributed by atoms with Gasteiger partial charge in [-0.2, -0.15) is 4.98 Å². The van der Waals surface area contributed by atoms with Crippen molar-refractivity contribution in [1.82, 2.24) is 4.98 Å². The Balaban J connectivity index is 2.39. The van der Waals surface area contributed by atoms with Crippen molar-refractivity contribution in [3.63, 3.8) is 0 Å². The Morgan fingerprint density at radius 3 is 2.67 bits per heavy atom. The van der Waals surface area contributed by atoms with E-state index in [-0.39, 0.29) is 5.54 Å². The van der Waals surface area contributed by atoms with Crippen LogP contribution in [0.15, 0.2) is 22.6 Å². The van der Waals surface area contributed by atoms with Gasteiger partial charge in [-0.1, -0.05) is 6.07 Å². The molecule has 0 amide bonds. The highest BCUT2D eigenvalue weighted by molar-refractivity contribution is 5.75. The second kappa shape index (κ2) is 3.26. The lowest BCUT2D eigenvalue weighted by Crippen LogP contribution is -2.26. The first-order chi connectivity index (χ1) is 6.94. The van der Waals surface area contributed by atoms with Crippen LogP contribution in [0, 0.1) is 6.92 Å². The predicted octanol–water partition coefficient (Wildman–Crippen LogP) is 3.35. The van der Waals surface area contributed by atoms with Crippen molar-refractivity contribution in [1.29, 1.82) is 0 Å². The summed E-state index contributed by atoms with van der Waals surface area (Å²) in [7, 11) is 0. The van der Waals surface area contributed by atoms with Crippen molar-refractivity contribution in [2.45, 2.75) is 33.2 Å². The molecule has 15 heavy (non-hydrogen) atoms. The van der Waals surface area contributed by atoms with Gasteiger partial charge in [0.1, 0.15) is 5.52 Å². The van der Waals surface area contributed by atoms with E-state index in [9.17, 15) is 0 Å². The zero-order valence-electron chi connectivity index (χ0n) is 9.59. The SMILES string of the molecule is Cc1ccc2oc(NC(C)(C)C)nc2c1. The lowest BCUT2D eigenvalue weighted by molar-refractivity contribution is 0.555. The monoisotopic (exact) mass is 204 g/mol. The maximum Gasteiger partial charge on any atom is 0.296 e. The molecule has 0 bridgehead atoms. The van der Waals surface area contributed by atoms with Crippen LogP contribution >= 0.6 is 0 Å². The average Bonchev–Trinajstić information content (AvgIpc) is 2.42. The maximum absolute atomic E-state index is 5.58. The Morgan fingerprint density at radius 1 is 1.27 bits per heavy atom. The van der Waals surface area contributed by atoms with Crippen LogP contribution in [-0.4, -0.2) is 10.5 Å². The minimum atomic E-state index is -0.0318. The molecule has 0 atom stereocenters. The van der Waals surface area contributed by atoms with Crippen molar-refractivity contribution in [2.24, 2.45) is 0 Å². The van der Waals surface area contributed by atoms with Gasteiger partial charge in [-0.05, 0) is 45.4 Å². The van der Waals surface area contributed by atoms with E-state index in [2.05, 4.69) is 31.1 Å². The Kier molecular flexibility index (Phi) is 2.18. The summed E-state index contributed by atoms with van der Waals surface area (Å²) in [6.45, 7) is 8.28. The van der Waals surface area contributed by atoms with Gasteiger partial charge in [-0.3, -0.25) is 0 Å². The lowest BCUT2D eigenvalue weighted by Gasteiger charge is -2.18. The zero-order valence-corrected chi connectivity index (χ0v) is 9.59. The summed E-state index contributed by atoms with van der Waals surface area (Å²) in [5.41, 5.74) is 2.89. The van der Waals surface area contributed by atoms with E-state index >= 15 is 0 Å². The average molecular weight is 204 g/mol. The molecular formula is C12H16N2O. The van der Waals surface area contributed by atoms with Crippen LogP contribution in [0.4, 0.5) is 6.01 Å². The summed E-state index contributed by atoms with van der Waals surface area (Å²) in [6, 6.07) is 6.58. The second-order valence-electron chi connectivity index (χ2n) is 4.87. The minimum absolute atomic E-state index is 0.0318. The molecule has 1 heterocycles. The first kappa shape index (κ1) is 10.0. The number of anilines is 1. The van der Waals surface area contributed by atoms with Crippen molar-refractivity contribution in [3.8, 4) is 0 Å². The molecule has 3 nitrogen and oxygen atoms in total. The Hall–Kier alpha value is -1.51. The Labute approximate surface area is 89.5 Å². The number of aromatic nitrogens is 1. The molecular weight excluding hydrogens is 188 g/mol. The summed E-state index contributed by atoms with van der Waals surface area (Å²) in [4.78, 5) is 4.38. The van der Waals surface area contributed by atoms with Crippen LogP contribution in [0.2, 0.25) is 0 Å². The number of oxazole rings is 1. The van der Waals surface area contributed by atoms with Gasteiger partial charge in [-0.15, -0.1) is 0 Å². The minimum Gasteiger partial charge on any atom is -0.424 e. The summed E-state index contributed by atoms with van der Waals surface area (Å²) in [6.07, 6.45) is 0. The smallest absolute Gasteiger partial charge is 0.296 e. The van der Waals surface area contributed by atoms with Crippen molar-refractivity contribution in [3.05, 3.63) is 23.8 Å². The van der Waals surface area contributed by atoms with Crippen LogP contribution in [0.5, 0.6) is 0 Å². The normalized spacial score (nSPS) is 12.0. The highest BCUT2D eigenvalue weighted by Crippen LogP contribution is 2.21. The second-order valence-corrected chi connectivity index (χ2v) is 4.87. The molecule has 0 saturated heterocycles. The molecule has 1 aromatic carbocycles. The molecule has 0 spiro atoms. The van der Waals surface area contributed by atoms with Crippen LogP contribution in [0.25, 0.3) is 11.1 Å². The molecule has 0 unspecified atom stereocenters. The molecule has 1 N–H and O–H groups in total. The molecule has 0 radical (unpaired) electrons. The fourth-order valence-electron chi connectivity index (χ4n) is 1.41. The van der Waals surface area contributed by atoms with Gasteiger partial charge in [0.15, 0.2) is 5.58 Å². The van der Waals surface area contributed by atoms with Crippen molar-refractivity contribution < 1.29 is 4.42 Å². The zero-order chi connectivity index (χ0) is 11.1. The van der Waals surface area contributed by atoms with E-state index in [0.29, 0.717) is 6.01 Å². The highest BCUT2D eigenvalue weighted by atomic mass is 16.4. The molecule has 0 fully saturated rings. The predicted molar refractivity (Wildman–Crippen MR) is 62.1 cm³/mol. The Bertz CT molecular complexity index is 480. The standard InChI is InChI=1S/C12H16N2O/c1-8-5-6-10-9(7-8)13-11(15-10)14-12(2,3)4/h5-7H,1-4H3,(H,13,14). The van der Waals surface area contributed by atoms with Gasteiger partial charge < -0.3 is 9.73 Å². The van der Waals surface area contributed by atoms with Crippen LogP contribution < -0.4 is 5.32 Å². The lowest BCUT2D eigenvalue weighted by atomic mass is 10.1.